The lowest BCUT2D eigenvalue weighted by atomic mass is 10.3. The van der Waals surface area contributed by atoms with Crippen molar-refractivity contribution in [3.05, 3.63) is 26.2 Å². The Balaban J connectivity index is 3.52. The Hall–Kier alpha value is -0.240. The van der Waals surface area contributed by atoms with Gasteiger partial charge in [-0.2, -0.15) is 4.99 Å². The molecule has 68 valence electrons. The van der Waals surface area contributed by atoms with Crippen molar-refractivity contribution in [2.45, 2.75) is 0 Å². The van der Waals surface area contributed by atoms with Crippen LogP contribution in [0, 0.1) is 0 Å². The lowest BCUT2D eigenvalue weighted by Crippen LogP contribution is -1.76. The maximum absolute atomic E-state index is 9.99. The fourth-order valence-electron chi connectivity index (χ4n) is 0.705. The van der Waals surface area contributed by atoms with Crippen LogP contribution in [0.4, 0.5) is 5.69 Å². The Bertz CT molecular complexity index is 398. The lowest BCUT2D eigenvalue weighted by Gasteiger charge is -2.03. The summed E-state index contributed by atoms with van der Waals surface area (Å²) in [6, 6.07) is 1.35. The molecule has 0 amide bonds. The predicted molar refractivity (Wildman–Crippen MR) is 54.3 cm³/mol. The first kappa shape index (κ1) is 10.8. The van der Waals surface area contributed by atoms with Gasteiger partial charge in [-0.05, 0) is 6.07 Å². The van der Waals surface area contributed by atoms with Gasteiger partial charge in [0.2, 0.25) is 6.08 Å². The molecule has 0 radical (unpaired) electrons. The number of isocyanates is 1. The Morgan fingerprint density at radius 3 is 2.23 bits per heavy atom. The van der Waals surface area contributed by atoms with Gasteiger partial charge in [0.05, 0.1) is 20.1 Å². The molecule has 0 fully saturated rings. The molecule has 1 aromatic carbocycles. The second-order valence-corrected chi connectivity index (χ2v) is 3.59. The SMILES string of the molecule is O=C=Nc1c(Cl)cc(Cl)c(Cl)c1Cl. The van der Waals surface area contributed by atoms with Crippen LogP contribution in [-0.2, 0) is 4.79 Å². The van der Waals surface area contributed by atoms with Crippen molar-refractivity contribution < 1.29 is 4.79 Å². The minimum atomic E-state index is 0.0440. The first-order valence-corrected chi connectivity index (χ1v) is 4.50. The zero-order valence-corrected chi connectivity index (χ0v) is 8.97. The fourth-order valence-corrected chi connectivity index (χ4v) is 1.70. The van der Waals surface area contributed by atoms with Crippen LogP contribution in [-0.4, -0.2) is 6.08 Å². The molecule has 1 aromatic rings. The smallest absolute Gasteiger partial charge is 0.211 e. The topological polar surface area (TPSA) is 29.4 Å². The zero-order chi connectivity index (χ0) is 10.0. The number of benzene rings is 1. The van der Waals surface area contributed by atoms with Gasteiger partial charge in [-0.3, -0.25) is 0 Å². The van der Waals surface area contributed by atoms with Crippen LogP contribution in [0.1, 0.15) is 0 Å². The van der Waals surface area contributed by atoms with Crippen LogP contribution in [0.25, 0.3) is 0 Å². The average Bonchev–Trinajstić information content (AvgIpc) is 2.09. The van der Waals surface area contributed by atoms with E-state index in [-0.39, 0.29) is 25.8 Å². The molecule has 0 aromatic heterocycles. The molecule has 0 atom stereocenters. The Kier molecular flexibility index (Phi) is 3.60. The zero-order valence-electron chi connectivity index (χ0n) is 5.94. The number of rotatable bonds is 1. The van der Waals surface area contributed by atoms with Gasteiger partial charge in [0.15, 0.2) is 0 Å². The quantitative estimate of drug-likeness (QED) is 0.319. The number of aliphatic imine (C=N–C) groups is 1. The van der Waals surface area contributed by atoms with E-state index in [9.17, 15) is 4.79 Å². The van der Waals surface area contributed by atoms with Gasteiger partial charge >= 0.3 is 0 Å². The number of carbonyl (C=O) groups excluding carboxylic acids is 1. The number of hydrogen-bond acceptors (Lipinski definition) is 2. The van der Waals surface area contributed by atoms with Crippen molar-refractivity contribution in [2.75, 3.05) is 0 Å². The second kappa shape index (κ2) is 4.32. The molecular formula is C7HCl4NO. The molecule has 0 aliphatic rings. The summed E-state index contributed by atoms with van der Waals surface area (Å²) in [5.41, 5.74) is 0.0766. The standard InChI is InChI=1S/C7HCl4NO/c8-3-1-4(9)7(12-2-13)6(11)5(3)10/h1H. The number of hydrogen-bond donors (Lipinski definition) is 0. The molecule has 0 heterocycles. The first-order valence-electron chi connectivity index (χ1n) is 2.98. The van der Waals surface area contributed by atoms with E-state index in [0.717, 1.165) is 0 Å². The highest BCUT2D eigenvalue weighted by Gasteiger charge is 2.12. The summed E-state index contributed by atoms with van der Waals surface area (Å²) >= 11 is 22.7. The van der Waals surface area contributed by atoms with E-state index >= 15 is 0 Å². The van der Waals surface area contributed by atoms with Crippen molar-refractivity contribution in [1.29, 1.82) is 0 Å². The predicted octanol–water partition coefficient (Wildman–Crippen LogP) is 4.27. The third-order valence-electron chi connectivity index (χ3n) is 1.25. The highest BCUT2D eigenvalue weighted by atomic mass is 35.5. The molecule has 0 aliphatic carbocycles. The van der Waals surface area contributed by atoms with Crippen molar-refractivity contribution in [1.82, 2.24) is 0 Å². The van der Waals surface area contributed by atoms with E-state index in [1.165, 1.54) is 12.1 Å². The molecule has 0 saturated heterocycles. The summed E-state index contributed by atoms with van der Waals surface area (Å²) in [6.45, 7) is 0. The third kappa shape index (κ3) is 2.16. The Morgan fingerprint density at radius 2 is 1.69 bits per heavy atom. The highest BCUT2D eigenvalue weighted by molar-refractivity contribution is 6.50. The molecule has 1 rings (SSSR count). The van der Waals surface area contributed by atoms with Crippen molar-refractivity contribution in [3.63, 3.8) is 0 Å². The highest BCUT2D eigenvalue weighted by Crippen LogP contribution is 2.42. The number of halogens is 4. The molecule has 0 spiro atoms. The van der Waals surface area contributed by atoms with E-state index < -0.39 is 0 Å². The molecule has 13 heavy (non-hydrogen) atoms. The van der Waals surface area contributed by atoms with Gasteiger partial charge < -0.3 is 0 Å². The normalized spacial score (nSPS) is 9.54. The summed E-state index contributed by atoms with van der Waals surface area (Å²) in [5.74, 6) is 0. The molecule has 2 nitrogen and oxygen atoms in total. The largest absolute Gasteiger partial charge is 0.240 e. The number of nitrogens with zero attached hydrogens (tertiary/aromatic N) is 1. The summed E-state index contributed by atoms with van der Waals surface area (Å²) < 4.78 is 0. The Labute approximate surface area is 94.1 Å². The van der Waals surface area contributed by atoms with Gasteiger partial charge in [-0.25, -0.2) is 4.79 Å². The van der Waals surface area contributed by atoms with Gasteiger partial charge in [0.25, 0.3) is 0 Å². The van der Waals surface area contributed by atoms with Crippen LogP contribution in [0.15, 0.2) is 11.1 Å². The summed E-state index contributed by atoms with van der Waals surface area (Å²) in [6.07, 6.45) is 1.32. The molecule has 0 unspecified atom stereocenters. The maximum Gasteiger partial charge on any atom is 0.240 e. The van der Waals surface area contributed by atoms with Gasteiger partial charge in [0.1, 0.15) is 5.69 Å². The summed E-state index contributed by atoms with van der Waals surface area (Å²) in [4.78, 5) is 13.3. The molecule has 6 heteroatoms. The second-order valence-electron chi connectivity index (χ2n) is 2.02. The minimum absolute atomic E-state index is 0.0440. The average molecular weight is 257 g/mol. The van der Waals surface area contributed by atoms with Crippen LogP contribution >= 0.6 is 46.4 Å². The van der Waals surface area contributed by atoms with Crippen LogP contribution in [0.3, 0.4) is 0 Å². The van der Waals surface area contributed by atoms with Crippen molar-refractivity contribution in [3.8, 4) is 0 Å². The first-order chi connectivity index (χ1) is 6.07. The lowest BCUT2D eigenvalue weighted by molar-refractivity contribution is 0.565. The van der Waals surface area contributed by atoms with E-state index in [2.05, 4.69) is 4.99 Å². The third-order valence-corrected chi connectivity index (χ3v) is 2.79. The fraction of sp³-hybridized carbons (Fsp3) is 0. The van der Waals surface area contributed by atoms with Crippen molar-refractivity contribution >= 4 is 58.2 Å². The van der Waals surface area contributed by atoms with E-state index in [1.807, 2.05) is 0 Å². The molecule has 0 N–H and O–H groups in total. The van der Waals surface area contributed by atoms with Crippen LogP contribution < -0.4 is 0 Å². The molecule has 0 aliphatic heterocycles. The van der Waals surface area contributed by atoms with Crippen LogP contribution in [0.2, 0.25) is 20.1 Å². The van der Waals surface area contributed by atoms with E-state index in [1.54, 1.807) is 0 Å². The van der Waals surface area contributed by atoms with Gasteiger partial charge in [-0.1, -0.05) is 46.4 Å². The Morgan fingerprint density at radius 1 is 1.08 bits per heavy atom. The van der Waals surface area contributed by atoms with Gasteiger partial charge in [-0.15, -0.1) is 0 Å². The summed E-state index contributed by atoms with van der Waals surface area (Å²) in [7, 11) is 0. The van der Waals surface area contributed by atoms with Crippen molar-refractivity contribution in [2.24, 2.45) is 4.99 Å². The maximum atomic E-state index is 9.99. The van der Waals surface area contributed by atoms with Gasteiger partial charge in [0, 0.05) is 0 Å². The van der Waals surface area contributed by atoms with Crippen LogP contribution in [0.5, 0.6) is 0 Å². The molecule has 0 bridgehead atoms. The summed E-state index contributed by atoms with van der Waals surface area (Å²) in [5, 5.41) is 0.522. The minimum Gasteiger partial charge on any atom is -0.211 e. The van der Waals surface area contributed by atoms with E-state index in [0.29, 0.717) is 0 Å². The molecule has 0 saturated carbocycles. The molecular weight excluding hydrogens is 256 g/mol. The van der Waals surface area contributed by atoms with E-state index in [4.69, 9.17) is 46.4 Å². The monoisotopic (exact) mass is 255 g/mol.